The number of halogens is 2. The fourth-order valence-corrected chi connectivity index (χ4v) is 7.52. The highest BCUT2D eigenvalue weighted by Crippen LogP contribution is 2.63. The number of ether oxygens (including phenoxy) is 4. The van der Waals surface area contributed by atoms with Crippen molar-refractivity contribution in [2.24, 2.45) is 0 Å². The van der Waals surface area contributed by atoms with Gasteiger partial charge in [0.05, 0.1) is 60.7 Å². The third-order valence-electron chi connectivity index (χ3n) is 8.70. The highest BCUT2D eigenvalue weighted by atomic mass is 35.5. The van der Waals surface area contributed by atoms with Crippen molar-refractivity contribution in [3.63, 3.8) is 0 Å². The van der Waals surface area contributed by atoms with Crippen LogP contribution in [0.25, 0.3) is 0 Å². The Balaban J connectivity index is 1.88. The Morgan fingerprint density at radius 2 is 0.891 bits per heavy atom. The number of ketones is 2. The Labute approximate surface area is 273 Å². The van der Waals surface area contributed by atoms with Gasteiger partial charge in [-0.1, -0.05) is 35.3 Å². The number of phenols is 4. The number of aryl methyl sites for hydroxylation is 2. The van der Waals surface area contributed by atoms with E-state index in [0.29, 0.717) is 22.3 Å². The topological polar surface area (TPSA) is 152 Å². The smallest absolute Gasteiger partial charge is 0.205 e. The van der Waals surface area contributed by atoms with E-state index in [1.807, 2.05) is 0 Å². The quantitative estimate of drug-likeness (QED) is 0.185. The summed E-state index contributed by atoms with van der Waals surface area (Å²) in [5.41, 5.74) is 1.76. The van der Waals surface area contributed by atoms with Crippen molar-refractivity contribution in [1.29, 1.82) is 0 Å². The molecule has 0 saturated heterocycles. The van der Waals surface area contributed by atoms with Crippen LogP contribution >= 0.6 is 23.2 Å². The number of benzene rings is 4. The van der Waals surface area contributed by atoms with Crippen LogP contribution in [0.4, 0.5) is 0 Å². The summed E-state index contributed by atoms with van der Waals surface area (Å²) >= 11 is 13.8. The molecule has 2 aliphatic rings. The molecular weight excluding hydrogens is 639 g/mol. The van der Waals surface area contributed by atoms with E-state index in [9.17, 15) is 30.0 Å². The molecule has 0 aromatic heterocycles. The number of rotatable bonds is 5. The average molecular weight is 667 g/mol. The maximum absolute atomic E-state index is 14.3. The SMILES string of the molecule is COc1cc(C)cc2c1C(=O)c1c(O)c(OC)c(O)c(Cl)c1[C@@H]2[C@H]1c2cc(C)cc(OC)c2C(=O)c2c(O)c(OC)c(O)c(Cl)c21. The molecule has 0 saturated carbocycles. The van der Waals surface area contributed by atoms with E-state index in [2.05, 4.69) is 0 Å². The van der Waals surface area contributed by atoms with Gasteiger partial charge in [0, 0.05) is 11.8 Å². The normalized spacial score (nSPS) is 16.3. The number of fused-ring (bicyclic) bond motifs is 4. The number of carbonyl (C=O) groups excluding carboxylic acids is 2. The zero-order chi connectivity index (χ0) is 33.5. The first-order valence-electron chi connectivity index (χ1n) is 13.9. The minimum absolute atomic E-state index is 0.00482. The maximum atomic E-state index is 14.3. The van der Waals surface area contributed by atoms with Gasteiger partial charge in [-0.05, 0) is 59.4 Å². The van der Waals surface area contributed by atoms with Crippen molar-refractivity contribution >= 4 is 34.8 Å². The van der Waals surface area contributed by atoms with E-state index in [0.717, 1.165) is 0 Å². The summed E-state index contributed by atoms with van der Waals surface area (Å²) in [4.78, 5) is 28.6. The van der Waals surface area contributed by atoms with E-state index in [-0.39, 0.29) is 54.9 Å². The summed E-state index contributed by atoms with van der Waals surface area (Å²) in [5.74, 6) is -6.51. The highest BCUT2D eigenvalue weighted by Gasteiger charge is 2.49. The van der Waals surface area contributed by atoms with Gasteiger partial charge in [0.25, 0.3) is 0 Å². The van der Waals surface area contributed by atoms with Gasteiger partial charge in [-0.3, -0.25) is 9.59 Å². The average Bonchev–Trinajstić information content (AvgIpc) is 3.02. The van der Waals surface area contributed by atoms with Crippen LogP contribution in [-0.4, -0.2) is 60.4 Å². The van der Waals surface area contributed by atoms with Crippen molar-refractivity contribution in [1.82, 2.24) is 0 Å². The van der Waals surface area contributed by atoms with Crippen molar-refractivity contribution in [3.05, 3.63) is 89.9 Å². The van der Waals surface area contributed by atoms with Gasteiger partial charge in [-0.2, -0.15) is 0 Å². The van der Waals surface area contributed by atoms with Gasteiger partial charge in [-0.15, -0.1) is 0 Å². The molecule has 0 spiro atoms. The summed E-state index contributed by atoms with van der Waals surface area (Å²) in [5, 5.41) is 44.6. The molecule has 238 valence electrons. The molecule has 0 amide bonds. The lowest BCUT2D eigenvalue weighted by Crippen LogP contribution is -2.31. The van der Waals surface area contributed by atoms with Gasteiger partial charge in [0.2, 0.25) is 23.1 Å². The molecule has 46 heavy (non-hydrogen) atoms. The van der Waals surface area contributed by atoms with Crippen LogP contribution in [0.15, 0.2) is 24.3 Å². The molecule has 6 rings (SSSR count). The van der Waals surface area contributed by atoms with Gasteiger partial charge >= 0.3 is 0 Å². The number of hydrogen-bond donors (Lipinski definition) is 4. The van der Waals surface area contributed by atoms with Gasteiger partial charge in [0.15, 0.2) is 23.0 Å². The number of phenolic OH excluding ortho intramolecular Hbond substituents is 4. The van der Waals surface area contributed by atoms with E-state index < -0.39 is 57.9 Å². The molecule has 0 heterocycles. The van der Waals surface area contributed by atoms with Gasteiger partial charge in [0.1, 0.15) is 11.5 Å². The van der Waals surface area contributed by atoms with Crippen LogP contribution in [0.1, 0.15) is 77.1 Å². The Hall–Kier alpha value is -4.80. The molecule has 0 unspecified atom stereocenters. The first-order valence-corrected chi connectivity index (χ1v) is 14.7. The molecule has 0 aliphatic heterocycles. The van der Waals surface area contributed by atoms with E-state index in [1.54, 1.807) is 38.1 Å². The standard InChI is InChI=1S/C34H28Cl2O10/c1-11-7-13-17(15(9-11)43-3)27(37)23-21(25(35)31(41)33(45-5)29(23)39)19(13)20-14-8-12(2)10-16(44-4)18(14)28(38)24-22(20)26(36)32(42)34(46-6)30(24)40/h7-10,19-20,39-42H,1-6H3/t19-,20+. The van der Waals surface area contributed by atoms with Gasteiger partial charge in [-0.25, -0.2) is 0 Å². The molecule has 0 bridgehead atoms. The van der Waals surface area contributed by atoms with Crippen LogP contribution in [-0.2, 0) is 0 Å². The summed E-state index contributed by atoms with van der Waals surface area (Å²) in [7, 11) is 5.20. The summed E-state index contributed by atoms with van der Waals surface area (Å²) < 4.78 is 21.8. The lowest BCUT2D eigenvalue weighted by molar-refractivity contribution is 0.101. The second-order valence-corrected chi connectivity index (χ2v) is 11.9. The van der Waals surface area contributed by atoms with Gasteiger partial charge < -0.3 is 39.4 Å². The van der Waals surface area contributed by atoms with Crippen LogP contribution in [0.5, 0.6) is 46.0 Å². The molecule has 4 N–H and O–H groups in total. The largest absolute Gasteiger partial charge is 0.504 e. The van der Waals surface area contributed by atoms with Crippen molar-refractivity contribution in [2.75, 3.05) is 28.4 Å². The minimum Gasteiger partial charge on any atom is -0.504 e. The number of carbonyl (C=O) groups is 2. The van der Waals surface area contributed by atoms with E-state index in [4.69, 9.17) is 42.1 Å². The fourth-order valence-electron chi connectivity index (χ4n) is 6.92. The Morgan fingerprint density at radius 1 is 0.543 bits per heavy atom. The summed E-state index contributed by atoms with van der Waals surface area (Å²) in [6, 6.07) is 6.78. The summed E-state index contributed by atoms with van der Waals surface area (Å²) in [6.45, 7) is 3.58. The lowest BCUT2D eigenvalue weighted by Gasteiger charge is -2.40. The van der Waals surface area contributed by atoms with Crippen LogP contribution in [0, 0.1) is 13.8 Å². The lowest BCUT2D eigenvalue weighted by atomic mass is 9.63. The molecule has 4 aromatic carbocycles. The van der Waals surface area contributed by atoms with E-state index in [1.165, 1.54) is 28.4 Å². The van der Waals surface area contributed by atoms with Crippen LogP contribution < -0.4 is 18.9 Å². The molecule has 2 aliphatic carbocycles. The number of aromatic hydroxyl groups is 4. The predicted molar refractivity (Wildman–Crippen MR) is 169 cm³/mol. The second-order valence-electron chi connectivity index (χ2n) is 11.1. The van der Waals surface area contributed by atoms with E-state index >= 15 is 0 Å². The molecule has 0 radical (unpaired) electrons. The minimum atomic E-state index is -1.09. The van der Waals surface area contributed by atoms with Crippen molar-refractivity contribution in [3.8, 4) is 46.0 Å². The first-order chi connectivity index (χ1) is 21.8. The summed E-state index contributed by atoms with van der Waals surface area (Å²) in [6.07, 6.45) is 0. The molecule has 0 fully saturated rings. The Kier molecular flexibility index (Phi) is 7.41. The molecule has 4 aromatic rings. The highest BCUT2D eigenvalue weighted by molar-refractivity contribution is 6.36. The van der Waals surface area contributed by atoms with Crippen LogP contribution in [0.2, 0.25) is 10.0 Å². The number of hydrogen-bond acceptors (Lipinski definition) is 10. The van der Waals surface area contributed by atoms with Crippen molar-refractivity contribution < 1.29 is 49.0 Å². The third kappa shape index (κ3) is 4.03. The van der Waals surface area contributed by atoms with Crippen molar-refractivity contribution in [2.45, 2.75) is 25.7 Å². The Bertz CT molecular complexity index is 1890. The molecule has 12 heteroatoms. The van der Waals surface area contributed by atoms with Crippen LogP contribution in [0.3, 0.4) is 0 Å². The molecule has 2 atom stereocenters. The fraction of sp³-hybridized carbons (Fsp3) is 0.235. The third-order valence-corrected chi connectivity index (χ3v) is 9.46. The first kappa shape index (κ1) is 31.2. The molecular formula is C34H28Cl2O10. The second kappa shape index (κ2) is 10.9. The molecule has 10 nitrogen and oxygen atoms in total. The monoisotopic (exact) mass is 666 g/mol. The Morgan fingerprint density at radius 3 is 1.20 bits per heavy atom. The zero-order valence-corrected chi connectivity index (χ0v) is 27.0. The zero-order valence-electron chi connectivity index (χ0n) is 25.5. The number of methoxy groups -OCH3 is 4. The predicted octanol–water partition coefficient (Wildman–Crippen LogP) is 6.52. The maximum Gasteiger partial charge on any atom is 0.205 e.